The molecule has 1 aliphatic rings. The molecule has 0 bridgehead atoms. The van der Waals surface area contributed by atoms with Crippen LogP contribution in [0.25, 0.3) is 10.9 Å². The van der Waals surface area contributed by atoms with Gasteiger partial charge in [0.05, 0.1) is 11.3 Å². The summed E-state index contributed by atoms with van der Waals surface area (Å²) in [4.78, 5) is 23.3. The van der Waals surface area contributed by atoms with Crippen LogP contribution in [0.5, 0.6) is 0 Å². The summed E-state index contributed by atoms with van der Waals surface area (Å²) in [5.74, 6) is 0.500. The van der Waals surface area contributed by atoms with Gasteiger partial charge in [0, 0.05) is 17.1 Å². The zero-order chi connectivity index (χ0) is 16.5. The van der Waals surface area contributed by atoms with Crippen molar-refractivity contribution in [1.82, 2.24) is 9.97 Å². The first-order valence-electron chi connectivity index (χ1n) is 7.96. The summed E-state index contributed by atoms with van der Waals surface area (Å²) >= 11 is 1.48. The number of aromatic nitrogens is 2. The number of thioether (sulfide) groups is 1. The second-order valence-corrected chi connectivity index (χ2v) is 6.89. The zero-order valence-corrected chi connectivity index (χ0v) is 14.2. The fourth-order valence-electron chi connectivity index (χ4n) is 3.24. The van der Waals surface area contributed by atoms with Crippen LogP contribution < -0.4 is 4.90 Å². The van der Waals surface area contributed by atoms with Crippen molar-refractivity contribution in [2.75, 3.05) is 10.7 Å². The van der Waals surface area contributed by atoms with Crippen molar-refractivity contribution < 1.29 is 4.79 Å². The molecule has 0 saturated heterocycles. The van der Waals surface area contributed by atoms with Gasteiger partial charge in [-0.15, -0.1) is 0 Å². The molecule has 0 spiro atoms. The van der Waals surface area contributed by atoms with Crippen LogP contribution >= 0.6 is 11.8 Å². The van der Waals surface area contributed by atoms with Gasteiger partial charge >= 0.3 is 0 Å². The largest absolute Gasteiger partial charge is 0.308 e. The minimum Gasteiger partial charge on any atom is -0.308 e. The standard InChI is InChI=1S/C19H17N3OS/c1-13-10-14-6-2-5-9-17(14)22(13)18(23)11-24-19-15-7-3-4-8-16(15)20-12-21-19/h2-9,12-13H,10-11H2,1H3/t13-/m1/s1. The van der Waals surface area contributed by atoms with Gasteiger partial charge in [0.25, 0.3) is 0 Å². The second kappa shape index (κ2) is 6.24. The van der Waals surface area contributed by atoms with E-state index in [1.54, 1.807) is 6.33 Å². The molecular formula is C19H17N3OS. The van der Waals surface area contributed by atoms with E-state index in [2.05, 4.69) is 23.0 Å². The predicted octanol–water partition coefficient (Wildman–Crippen LogP) is 3.70. The van der Waals surface area contributed by atoms with E-state index in [9.17, 15) is 4.79 Å². The van der Waals surface area contributed by atoms with Gasteiger partial charge in [0.15, 0.2) is 0 Å². The topological polar surface area (TPSA) is 46.1 Å². The van der Waals surface area contributed by atoms with Gasteiger partial charge in [-0.2, -0.15) is 0 Å². The normalized spacial score (nSPS) is 16.4. The molecule has 24 heavy (non-hydrogen) atoms. The highest BCUT2D eigenvalue weighted by atomic mass is 32.2. The van der Waals surface area contributed by atoms with Crippen LogP contribution in [0.15, 0.2) is 59.9 Å². The van der Waals surface area contributed by atoms with E-state index in [0.717, 1.165) is 28.0 Å². The number of amides is 1. The minimum atomic E-state index is 0.125. The summed E-state index contributed by atoms with van der Waals surface area (Å²) in [5, 5.41) is 1.85. The van der Waals surface area contributed by atoms with E-state index in [4.69, 9.17) is 0 Å². The van der Waals surface area contributed by atoms with E-state index in [1.165, 1.54) is 17.3 Å². The number of nitrogens with zero attached hydrogens (tertiary/aromatic N) is 3. The number of carbonyl (C=O) groups excluding carboxylic acids is 1. The van der Waals surface area contributed by atoms with Gasteiger partial charge < -0.3 is 4.90 Å². The molecule has 4 rings (SSSR count). The Labute approximate surface area is 144 Å². The number of carbonyl (C=O) groups is 1. The third-order valence-electron chi connectivity index (χ3n) is 4.31. The molecule has 0 saturated carbocycles. The number of anilines is 1. The monoisotopic (exact) mass is 335 g/mol. The van der Waals surface area contributed by atoms with E-state index in [-0.39, 0.29) is 11.9 Å². The Morgan fingerprint density at radius 1 is 1.17 bits per heavy atom. The van der Waals surface area contributed by atoms with Gasteiger partial charge in [-0.25, -0.2) is 9.97 Å². The number of rotatable bonds is 3. The molecule has 1 amide bonds. The molecule has 1 aliphatic heterocycles. The van der Waals surface area contributed by atoms with Crippen molar-refractivity contribution in [3.8, 4) is 0 Å². The SMILES string of the molecule is C[C@@H]1Cc2ccccc2N1C(=O)CSc1ncnc2ccccc12. The van der Waals surface area contributed by atoms with Crippen LogP contribution in [-0.2, 0) is 11.2 Å². The van der Waals surface area contributed by atoms with E-state index < -0.39 is 0 Å². The predicted molar refractivity (Wildman–Crippen MR) is 97.4 cm³/mol. The van der Waals surface area contributed by atoms with Gasteiger partial charge in [-0.3, -0.25) is 4.79 Å². The lowest BCUT2D eigenvalue weighted by atomic mass is 10.1. The summed E-state index contributed by atoms with van der Waals surface area (Å²) < 4.78 is 0. The Morgan fingerprint density at radius 2 is 1.96 bits per heavy atom. The van der Waals surface area contributed by atoms with E-state index in [1.807, 2.05) is 47.4 Å². The molecule has 2 heterocycles. The first kappa shape index (κ1) is 15.1. The molecule has 1 aromatic heterocycles. The average molecular weight is 335 g/mol. The van der Waals surface area contributed by atoms with Crippen LogP contribution in [0.4, 0.5) is 5.69 Å². The Hall–Kier alpha value is -2.40. The molecule has 0 aliphatic carbocycles. The highest BCUT2D eigenvalue weighted by Crippen LogP contribution is 2.33. The summed E-state index contributed by atoms with van der Waals surface area (Å²) in [5.41, 5.74) is 3.20. The third-order valence-corrected chi connectivity index (χ3v) is 5.30. The van der Waals surface area contributed by atoms with Crippen molar-refractivity contribution in [3.63, 3.8) is 0 Å². The maximum absolute atomic E-state index is 12.8. The molecule has 3 aromatic rings. The van der Waals surface area contributed by atoms with Gasteiger partial charge in [-0.05, 0) is 31.0 Å². The molecule has 0 radical (unpaired) electrons. The van der Waals surface area contributed by atoms with E-state index in [0.29, 0.717) is 5.75 Å². The Kier molecular flexibility index (Phi) is 3.94. The summed E-state index contributed by atoms with van der Waals surface area (Å²) in [6.45, 7) is 2.10. The lowest BCUT2D eigenvalue weighted by Gasteiger charge is -2.22. The molecule has 5 heteroatoms. The van der Waals surface area contributed by atoms with Crippen LogP contribution in [0.2, 0.25) is 0 Å². The molecule has 2 aromatic carbocycles. The smallest absolute Gasteiger partial charge is 0.237 e. The van der Waals surface area contributed by atoms with Crippen molar-refractivity contribution in [1.29, 1.82) is 0 Å². The Bertz CT molecular complexity index is 907. The number of fused-ring (bicyclic) bond motifs is 2. The number of benzene rings is 2. The lowest BCUT2D eigenvalue weighted by molar-refractivity contribution is -0.116. The van der Waals surface area contributed by atoms with Crippen LogP contribution in [-0.4, -0.2) is 27.7 Å². The minimum absolute atomic E-state index is 0.125. The lowest BCUT2D eigenvalue weighted by Crippen LogP contribution is -2.36. The van der Waals surface area contributed by atoms with Gasteiger partial charge in [0.1, 0.15) is 11.4 Å². The molecule has 0 fully saturated rings. The number of hydrogen-bond acceptors (Lipinski definition) is 4. The van der Waals surface area contributed by atoms with Crippen LogP contribution in [0, 0.1) is 0 Å². The highest BCUT2D eigenvalue weighted by Gasteiger charge is 2.30. The first-order chi connectivity index (χ1) is 11.7. The summed E-state index contributed by atoms with van der Waals surface area (Å²) in [6, 6.07) is 16.2. The summed E-state index contributed by atoms with van der Waals surface area (Å²) in [7, 11) is 0. The number of para-hydroxylation sites is 2. The molecule has 1 atom stereocenters. The summed E-state index contributed by atoms with van der Waals surface area (Å²) in [6.07, 6.45) is 2.48. The maximum atomic E-state index is 12.8. The molecule has 0 unspecified atom stereocenters. The molecule has 120 valence electrons. The van der Waals surface area contributed by atoms with Gasteiger partial charge in [-0.1, -0.05) is 48.2 Å². The van der Waals surface area contributed by atoms with Gasteiger partial charge in [0.2, 0.25) is 5.91 Å². The van der Waals surface area contributed by atoms with Crippen molar-refractivity contribution in [2.45, 2.75) is 24.4 Å². The van der Waals surface area contributed by atoms with Crippen LogP contribution in [0.3, 0.4) is 0 Å². The Balaban J connectivity index is 1.55. The molecular weight excluding hydrogens is 318 g/mol. The Morgan fingerprint density at radius 3 is 2.88 bits per heavy atom. The van der Waals surface area contributed by atoms with E-state index >= 15 is 0 Å². The van der Waals surface area contributed by atoms with Crippen molar-refractivity contribution >= 4 is 34.3 Å². The first-order valence-corrected chi connectivity index (χ1v) is 8.95. The molecule has 0 N–H and O–H groups in total. The molecule has 4 nitrogen and oxygen atoms in total. The third kappa shape index (κ3) is 2.65. The second-order valence-electron chi connectivity index (χ2n) is 5.93. The highest BCUT2D eigenvalue weighted by molar-refractivity contribution is 8.00. The fourth-order valence-corrected chi connectivity index (χ4v) is 4.09. The van der Waals surface area contributed by atoms with Crippen LogP contribution in [0.1, 0.15) is 12.5 Å². The zero-order valence-electron chi connectivity index (χ0n) is 13.3. The average Bonchev–Trinajstić information content (AvgIpc) is 2.95. The van der Waals surface area contributed by atoms with Crippen molar-refractivity contribution in [3.05, 3.63) is 60.4 Å². The maximum Gasteiger partial charge on any atom is 0.237 e. The number of hydrogen-bond donors (Lipinski definition) is 0. The fraction of sp³-hybridized carbons (Fsp3) is 0.211. The quantitative estimate of drug-likeness (QED) is 0.541. The van der Waals surface area contributed by atoms with Crippen molar-refractivity contribution in [2.24, 2.45) is 0 Å².